The molecule has 2 aromatic rings. The van der Waals surface area contributed by atoms with Gasteiger partial charge in [-0.1, -0.05) is 18.2 Å². The second-order valence-electron chi connectivity index (χ2n) is 5.84. The van der Waals surface area contributed by atoms with Crippen LogP contribution in [0.1, 0.15) is 5.56 Å². The third-order valence-electron chi connectivity index (χ3n) is 4.03. The van der Waals surface area contributed by atoms with Gasteiger partial charge in [-0.2, -0.15) is 0 Å². The summed E-state index contributed by atoms with van der Waals surface area (Å²) in [5.41, 5.74) is 2.27. The first-order chi connectivity index (χ1) is 11.0. The van der Waals surface area contributed by atoms with E-state index in [-0.39, 0.29) is 24.4 Å². The average Bonchev–Trinajstić information content (AvgIpc) is 2.77. The first-order valence-corrected chi connectivity index (χ1v) is 8.51. The van der Waals surface area contributed by atoms with Gasteiger partial charge in [0, 0.05) is 33.8 Å². The fourth-order valence-electron chi connectivity index (χ4n) is 2.81. The zero-order chi connectivity index (χ0) is 16.6. The lowest BCUT2D eigenvalue weighted by Gasteiger charge is -2.38. The lowest BCUT2D eigenvalue weighted by Crippen LogP contribution is -2.61. The molecule has 2 heterocycles. The second-order valence-corrected chi connectivity index (χ2v) is 7.00. The predicted molar refractivity (Wildman–Crippen MR) is 98.1 cm³/mol. The molecule has 2 amide bonds. The molecule has 120 valence electrons. The van der Waals surface area contributed by atoms with E-state index in [9.17, 15) is 9.59 Å². The summed E-state index contributed by atoms with van der Waals surface area (Å²) in [4.78, 5) is 25.3. The van der Waals surface area contributed by atoms with E-state index in [0.717, 1.165) is 9.09 Å². The number of likely N-dealkylation sites (tertiary alicyclic amines) is 1. The number of nitrogens with one attached hydrogen (secondary N) is 1. The molecule has 0 unspecified atom stereocenters. The molecule has 1 N–H and O–H groups in total. The van der Waals surface area contributed by atoms with Crippen molar-refractivity contribution in [3.63, 3.8) is 0 Å². The molecule has 23 heavy (non-hydrogen) atoms. The maximum absolute atomic E-state index is 12.2. The Morgan fingerprint density at radius 2 is 2.17 bits per heavy atom. The maximum atomic E-state index is 12.2. The molecule has 3 rings (SSSR count). The summed E-state index contributed by atoms with van der Waals surface area (Å²) >= 11 is 2.29. The second kappa shape index (κ2) is 6.35. The molecular weight excluding hydrogens is 405 g/mol. The number of benzene rings is 1. The largest absolute Gasteiger partial charge is 0.348 e. The minimum Gasteiger partial charge on any atom is -0.348 e. The number of amides is 2. The van der Waals surface area contributed by atoms with Gasteiger partial charge in [0.1, 0.15) is 6.54 Å². The van der Waals surface area contributed by atoms with Gasteiger partial charge in [-0.15, -0.1) is 0 Å². The number of carbonyl (C=O) groups is 2. The molecule has 1 saturated heterocycles. The molecular formula is C17H18IN3O2. The van der Waals surface area contributed by atoms with Gasteiger partial charge >= 0.3 is 0 Å². The highest BCUT2D eigenvalue weighted by Crippen LogP contribution is 2.24. The molecule has 5 nitrogen and oxygen atoms in total. The molecule has 0 bridgehead atoms. The van der Waals surface area contributed by atoms with Crippen LogP contribution in [0.3, 0.4) is 0 Å². The lowest BCUT2D eigenvalue weighted by molar-refractivity contribution is -0.133. The number of carbonyl (C=O) groups excluding carboxylic acids is 2. The Labute approximate surface area is 148 Å². The van der Waals surface area contributed by atoms with E-state index in [1.165, 1.54) is 17.0 Å². The van der Waals surface area contributed by atoms with Crippen LogP contribution >= 0.6 is 22.6 Å². The van der Waals surface area contributed by atoms with E-state index in [4.69, 9.17) is 0 Å². The van der Waals surface area contributed by atoms with Crippen LogP contribution in [-0.2, 0) is 16.1 Å². The molecule has 0 radical (unpaired) electrons. The Kier molecular flexibility index (Phi) is 4.43. The number of halogens is 1. The molecule has 1 aliphatic heterocycles. The van der Waals surface area contributed by atoms with Gasteiger partial charge in [0.2, 0.25) is 11.8 Å². The monoisotopic (exact) mass is 423 g/mol. The van der Waals surface area contributed by atoms with Crippen LogP contribution in [0.5, 0.6) is 0 Å². The predicted octanol–water partition coefficient (Wildman–Crippen LogP) is 2.07. The standard InChI is InChI=1S/C17H18IN3O2/c1-3-17(23)21-7-12(8-21)19-16(22)10-20-9-14(18)13-6-11(2)4-5-15(13)20/h3-6,9,12H,1,7-8,10H2,2H3,(H,19,22). The van der Waals surface area contributed by atoms with Crippen molar-refractivity contribution in [2.24, 2.45) is 0 Å². The molecule has 0 atom stereocenters. The fraction of sp³-hybridized carbons (Fsp3) is 0.294. The van der Waals surface area contributed by atoms with Gasteiger partial charge in [0.15, 0.2) is 0 Å². The van der Waals surface area contributed by atoms with E-state index >= 15 is 0 Å². The van der Waals surface area contributed by atoms with E-state index in [2.05, 4.69) is 53.5 Å². The van der Waals surface area contributed by atoms with Crippen molar-refractivity contribution >= 4 is 45.3 Å². The van der Waals surface area contributed by atoms with Crippen LogP contribution in [-0.4, -0.2) is 40.4 Å². The molecule has 0 saturated carbocycles. The number of fused-ring (bicyclic) bond motifs is 1. The number of hydrogen-bond donors (Lipinski definition) is 1. The SMILES string of the molecule is C=CC(=O)N1CC(NC(=O)Cn2cc(I)c3cc(C)ccc32)C1. The minimum absolute atomic E-state index is 0.0328. The Morgan fingerprint density at radius 3 is 2.87 bits per heavy atom. The quantitative estimate of drug-likeness (QED) is 0.605. The normalized spacial score (nSPS) is 14.6. The van der Waals surface area contributed by atoms with E-state index < -0.39 is 0 Å². The first kappa shape index (κ1) is 16.0. The zero-order valence-corrected chi connectivity index (χ0v) is 15.0. The van der Waals surface area contributed by atoms with Crippen LogP contribution in [0.2, 0.25) is 0 Å². The van der Waals surface area contributed by atoms with Gasteiger partial charge in [-0.05, 0) is 47.7 Å². The minimum atomic E-state index is -0.0863. The van der Waals surface area contributed by atoms with E-state index in [1.807, 2.05) is 16.8 Å². The number of aromatic nitrogens is 1. The molecule has 1 aromatic heterocycles. The van der Waals surface area contributed by atoms with E-state index in [0.29, 0.717) is 13.1 Å². The van der Waals surface area contributed by atoms with E-state index in [1.54, 1.807) is 4.90 Å². The van der Waals surface area contributed by atoms with Crippen LogP contribution in [0.15, 0.2) is 37.1 Å². The first-order valence-electron chi connectivity index (χ1n) is 7.43. The van der Waals surface area contributed by atoms with Gasteiger partial charge < -0.3 is 14.8 Å². The van der Waals surface area contributed by atoms with Crippen molar-refractivity contribution in [2.75, 3.05) is 13.1 Å². The van der Waals surface area contributed by atoms with Crippen molar-refractivity contribution in [2.45, 2.75) is 19.5 Å². The molecule has 0 aliphatic carbocycles. The average molecular weight is 423 g/mol. The number of hydrogen-bond acceptors (Lipinski definition) is 2. The number of rotatable bonds is 4. The van der Waals surface area contributed by atoms with Crippen LogP contribution < -0.4 is 5.32 Å². The third-order valence-corrected chi connectivity index (χ3v) is 4.89. The summed E-state index contributed by atoms with van der Waals surface area (Å²) in [7, 11) is 0. The summed E-state index contributed by atoms with van der Waals surface area (Å²) < 4.78 is 3.11. The Balaban J connectivity index is 1.63. The van der Waals surface area contributed by atoms with Gasteiger partial charge in [-0.25, -0.2) is 0 Å². The number of nitrogens with zero attached hydrogens (tertiary/aromatic N) is 2. The summed E-state index contributed by atoms with van der Waals surface area (Å²) in [5.74, 6) is -0.119. The van der Waals surface area contributed by atoms with Crippen molar-refractivity contribution in [3.8, 4) is 0 Å². The van der Waals surface area contributed by atoms with Crippen LogP contribution in [0, 0.1) is 10.5 Å². The highest BCUT2D eigenvalue weighted by atomic mass is 127. The summed E-state index contributed by atoms with van der Waals surface area (Å²) in [6.45, 7) is 6.92. The maximum Gasteiger partial charge on any atom is 0.246 e. The fourth-order valence-corrected chi connectivity index (χ4v) is 3.57. The summed E-state index contributed by atoms with van der Waals surface area (Å²) in [6, 6.07) is 6.27. The molecule has 1 fully saturated rings. The molecule has 1 aromatic carbocycles. The Hall–Kier alpha value is -1.83. The topological polar surface area (TPSA) is 54.3 Å². The van der Waals surface area contributed by atoms with Crippen molar-refractivity contribution in [1.82, 2.24) is 14.8 Å². The number of aryl methyl sites for hydroxylation is 1. The van der Waals surface area contributed by atoms with Crippen LogP contribution in [0.4, 0.5) is 0 Å². The van der Waals surface area contributed by atoms with Gasteiger partial charge in [0.25, 0.3) is 0 Å². The lowest BCUT2D eigenvalue weighted by atomic mass is 10.1. The highest BCUT2D eigenvalue weighted by molar-refractivity contribution is 14.1. The summed E-state index contributed by atoms with van der Waals surface area (Å²) in [6.07, 6.45) is 3.30. The van der Waals surface area contributed by atoms with Crippen molar-refractivity contribution < 1.29 is 9.59 Å². The van der Waals surface area contributed by atoms with Gasteiger partial charge in [0.05, 0.1) is 6.04 Å². The smallest absolute Gasteiger partial charge is 0.246 e. The highest BCUT2D eigenvalue weighted by Gasteiger charge is 2.30. The van der Waals surface area contributed by atoms with Gasteiger partial charge in [-0.3, -0.25) is 9.59 Å². The van der Waals surface area contributed by atoms with Crippen LogP contribution in [0.25, 0.3) is 10.9 Å². The van der Waals surface area contributed by atoms with Crippen molar-refractivity contribution in [1.29, 1.82) is 0 Å². The molecule has 6 heteroatoms. The Morgan fingerprint density at radius 1 is 1.43 bits per heavy atom. The third kappa shape index (κ3) is 3.26. The van der Waals surface area contributed by atoms with Crippen molar-refractivity contribution in [3.05, 3.63) is 46.2 Å². The molecule has 0 spiro atoms. The molecule has 1 aliphatic rings. The summed E-state index contributed by atoms with van der Waals surface area (Å²) in [5, 5.41) is 4.14. The zero-order valence-electron chi connectivity index (χ0n) is 12.9. The Bertz CT molecular complexity index is 790.